The molecule has 1 unspecified atom stereocenters. The van der Waals surface area contributed by atoms with Gasteiger partial charge in [0.25, 0.3) is 0 Å². The molecule has 0 saturated heterocycles. The fraction of sp³-hybridized carbons (Fsp3) is 0.250. The van der Waals surface area contributed by atoms with Crippen LogP contribution >= 0.6 is 0 Å². The van der Waals surface area contributed by atoms with Gasteiger partial charge in [-0.1, -0.05) is 18.2 Å². The monoisotopic (exact) mass is 282 g/mol. The number of fused-ring (bicyclic) bond motifs is 1. The van der Waals surface area contributed by atoms with Gasteiger partial charge >= 0.3 is 0 Å². The average molecular weight is 282 g/mol. The van der Waals surface area contributed by atoms with Gasteiger partial charge in [0.2, 0.25) is 5.91 Å². The van der Waals surface area contributed by atoms with E-state index in [1.54, 1.807) is 12.4 Å². The lowest BCUT2D eigenvalue weighted by Crippen LogP contribution is -2.28. The summed E-state index contributed by atoms with van der Waals surface area (Å²) in [5.74, 6) is 0.755. The third-order valence-corrected chi connectivity index (χ3v) is 3.67. The molecule has 3 rings (SSSR count). The van der Waals surface area contributed by atoms with Gasteiger partial charge in [-0.05, 0) is 25.5 Å². The number of hydrogen-bond acceptors (Lipinski definition) is 2. The summed E-state index contributed by atoms with van der Waals surface area (Å²) in [4.78, 5) is 22.7. The lowest BCUT2D eigenvalue weighted by Gasteiger charge is -2.11. The first-order chi connectivity index (χ1) is 10.1. The highest BCUT2D eigenvalue weighted by atomic mass is 16.1. The number of aromatic amines is 2. The van der Waals surface area contributed by atoms with Crippen molar-refractivity contribution in [3.63, 3.8) is 0 Å². The number of carbonyl (C=O) groups is 1. The van der Waals surface area contributed by atoms with Gasteiger partial charge in [0.05, 0.1) is 12.5 Å². The number of para-hydroxylation sites is 1. The number of benzene rings is 1. The molecular formula is C16H18N4O. The zero-order valence-electron chi connectivity index (χ0n) is 12.1. The predicted molar refractivity (Wildman–Crippen MR) is 81.9 cm³/mol. The summed E-state index contributed by atoms with van der Waals surface area (Å²) in [6, 6.07) is 7.91. The largest absolute Gasteiger partial charge is 0.358 e. The summed E-state index contributed by atoms with van der Waals surface area (Å²) in [5.41, 5.74) is 3.16. The molecule has 0 saturated carbocycles. The summed E-state index contributed by atoms with van der Waals surface area (Å²) < 4.78 is 0. The second-order valence-electron chi connectivity index (χ2n) is 5.21. The summed E-state index contributed by atoms with van der Waals surface area (Å²) in [6.07, 6.45) is 3.80. The van der Waals surface area contributed by atoms with Crippen molar-refractivity contribution in [1.29, 1.82) is 0 Å². The first-order valence-corrected chi connectivity index (χ1v) is 7.00. The van der Waals surface area contributed by atoms with Crippen molar-refractivity contribution in [2.75, 3.05) is 0 Å². The van der Waals surface area contributed by atoms with Crippen molar-refractivity contribution in [2.24, 2.45) is 0 Å². The number of nitrogens with zero attached hydrogens (tertiary/aromatic N) is 1. The van der Waals surface area contributed by atoms with Crippen molar-refractivity contribution >= 4 is 16.8 Å². The predicted octanol–water partition coefficient (Wildman–Crippen LogP) is 2.62. The third kappa shape index (κ3) is 2.67. The van der Waals surface area contributed by atoms with Gasteiger partial charge in [-0.3, -0.25) is 4.79 Å². The summed E-state index contributed by atoms with van der Waals surface area (Å²) in [7, 11) is 0. The molecule has 0 aliphatic carbocycles. The zero-order valence-corrected chi connectivity index (χ0v) is 12.1. The van der Waals surface area contributed by atoms with Gasteiger partial charge < -0.3 is 15.3 Å². The van der Waals surface area contributed by atoms with Gasteiger partial charge in [-0.15, -0.1) is 0 Å². The summed E-state index contributed by atoms with van der Waals surface area (Å²) in [6.45, 7) is 3.91. The molecule has 0 aliphatic rings. The summed E-state index contributed by atoms with van der Waals surface area (Å²) in [5, 5.41) is 4.07. The van der Waals surface area contributed by atoms with Crippen molar-refractivity contribution in [3.05, 3.63) is 53.7 Å². The van der Waals surface area contributed by atoms with Gasteiger partial charge in [-0.25, -0.2) is 4.98 Å². The number of amides is 1. The minimum absolute atomic E-state index is 0.00764. The fourth-order valence-corrected chi connectivity index (χ4v) is 2.60. The van der Waals surface area contributed by atoms with E-state index in [0.29, 0.717) is 6.42 Å². The second-order valence-corrected chi connectivity index (χ2v) is 5.21. The SMILES string of the molecule is Cc1[nH]c2ccccc2c1CC(=O)NC(C)c1ncc[nH]1. The number of imidazole rings is 1. The Bertz CT molecular complexity index is 758. The van der Waals surface area contributed by atoms with E-state index in [2.05, 4.69) is 20.3 Å². The van der Waals surface area contributed by atoms with Gasteiger partial charge in [-0.2, -0.15) is 0 Å². The minimum Gasteiger partial charge on any atom is -0.358 e. The molecule has 1 aromatic carbocycles. The van der Waals surface area contributed by atoms with Crippen LogP contribution in [0.3, 0.4) is 0 Å². The third-order valence-electron chi connectivity index (χ3n) is 3.67. The molecule has 21 heavy (non-hydrogen) atoms. The first kappa shape index (κ1) is 13.4. The van der Waals surface area contributed by atoms with E-state index in [1.165, 1.54) is 0 Å². The number of aromatic nitrogens is 3. The Kier molecular flexibility index (Phi) is 3.48. The topological polar surface area (TPSA) is 73.6 Å². The standard InChI is InChI=1S/C16H18N4O/c1-10-13(12-5-3-4-6-14(12)19-10)9-15(21)20-11(2)16-17-7-8-18-16/h3-8,11,19H,9H2,1-2H3,(H,17,18)(H,20,21). The van der Waals surface area contributed by atoms with Crippen LogP contribution in [0, 0.1) is 6.92 Å². The number of rotatable bonds is 4. The van der Waals surface area contributed by atoms with Crippen molar-refractivity contribution in [3.8, 4) is 0 Å². The molecule has 2 aromatic heterocycles. The molecule has 1 amide bonds. The van der Waals surface area contributed by atoms with E-state index in [0.717, 1.165) is 28.0 Å². The van der Waals surface area contributed by atoms with Gasteiger partial charge in [0, 0.05) is 29.0 Å². The highest BCUT2D eigenvalue weighted by Gasteiger charge is 2.15. The lowest BCUT2D eigenvalue weighted by atomic mass is 10.1. The highest BCUT2D eigenvalue weighted by molar-refractivity contribution is 5.90. The lowest BCUT2D eigenvalue weighted by molar-refractivity contribution is -0.121. The van der Waals surface area contributed by atoms with E-state index < -0.39 is 0 Å². The van der Waals surface area contributed by atoms with Crippen LogP contribution in [0.2, 0.25) is 0 Å². The van der Waals surface area contributed by atoms with Crippen LogP contribution in [-0.2, 0) is 11.2 Å². The fourth-order valence-electron chi connectivity index (χ4n) is 2.60. The Labute approximate surface area is 122 Å². The smallest absolute Gasteiger partial charge is 0.225 e. The van der Waals surface area contributed by atoms with Crippen molar-refractivity contribution < 1.29 is 4.79 Å². The second kappa shape index (κ2) is 5.44. The number of carbonyl (C=O) groups excluding carboxylic acids is 1. The quantitative estimate of drug-likeness (QED) is 0.688. The minimum atomic E-state index is -0.127. The molecule has 1 atom stereocenters. The molecular weight excluding hydrogens is 264 g/mol. The molecule has 0 spiro atoms. The molecule has 0 fully saturated rings. The molecule has 5 nitrogen and oxygen atoms in total. The van der Waals surface area contributed by atoms with Gasteiger partial charge in [0.1, 0.15) is 5.82 Å². The molecule has 2 heterocycles. The normalized spacial score (nSPS) is 12.5. The number of aryl methyl sites for hydroxylation is 1. The maximum absolute atomic E-state index is 12.2. The Balaban J connectivity index is 1.76. The summed E-state index contributed by atoms with van der Waals surface area (Å²) >= 11 is 0. The number of nitrogens with one attached hydrogen (secondary N) is 3. The highest BCUT2D eigenvalue weighted by Crippen LogP contribution is 2.22. The molecule has 3 N–H and O–H groups in total. The van der Waals surface area contributed by atoms with E-state index in [-0.39, 0.29) is 11.9 Å². The van der Waals surface area contributed by atoms with Crippen molar-refractivity contribution in [1.82, 2.24) is 20.3 Å². The van der Waals surface area contributed by atoms with Crippen LogP contribution in [0.15, 0.2) is 36.7 Å². The van der Waals surface area contributed by atoms with E-state index in [4.69, 9.17) is 0 Å². The Morgan fingerprint density at radius 2 is 2.19 bits per heavy atom. The van der Waals surface area contributed by atoms with E-state index in [1.807, 2.05) is 38.1 Å². The molecule has 5 heteroatoms. The number of hydrogen-bond donors (Lipinski definition) is 3. The Hall–Kier alpha value is -2.56. The Morgan fingerprint density at radius 3 is 2.95 bits per heavy atom. The zero-order chi connectivity index (χ0) is 14.8. The number of H-pyrrole nitrogens is 2. The molecule has 0 aliphatic heterocycles. The van der Waals surface area contributed by atoms with Gasteiger partial charge in [0.15, 0.2) is 0 Å². The van der Waals surface area contributed by atoms with Crippen LogP contribution in [0.4, 0.5) is 0 Å². The van der Waals surface area contributed by atoms with E-state index >= 15 is 0 Å². The van der Waals surface area contributed by atoms with Crippen LogP contribution in [0.25, 0.3) is 10.9 Å². The molecule has 3 aromatic rings. The van der Waals surface area contributed by atoms with Crippen LogP contribution in [0.1, 0.15) is 30.0 Å². The van der Waals surface area contributed by atoms with E-state index in [9.17, 15) is 4.79 Å². The van der Waals surface area contributed by atoms with Crippen LogP contribution in [0.5, 0.6) is 0 Å². The van der Waals surface area contributed by atoms with Crippen LogP contribution < -0.4 is 5.32 Å². The van der Waals surface area contributed by atoms with Crippen molar-refractivity contribution in [2.45, 2.75) is 26.3 Å². The molecule has 108 valence electrons. The molecule has 0 bridgehead atoms. The maximum Gasteiger partial charge on any atom is 0.225 e. The maximum atomic E-state index is 12.2. The molecule has 0 radical (unpaired) electrons. The Morgan fingerprint density at radius 1 is 1.38 bits per heavy atom. The van der Waals surface area contributed by atoms with Crippen LogP contribution in [-0.4, -0.2) is 20.9 Å². The first-order valence-electron chi connectivity index (χ1n) is 7.00. The average Bonchev–Trinajstić information content (AvgIpc) is 3.08.